The predicted octanol–water partition coefficient (Wildman–Crippen LogP) is 0.0515. The summed E-state index contributed by atoms with van der Waals surface area (Å²) >= 11 is 0. The van der Waals surface area contributed by atoms with Crippen LogP contribution in [0, 0.1) is 0 Å². The van der Waals surface area contributed by atoms with Crippen LogP contribution in [0.15, 0.2) is 0 Å². The second kappa shape index (κ2) is 3.53. The maximum atomic E-state index is 10.6. The van der Waals surface area contributed by atoms with Crippen molar-refractivity contribution in [3.05, 3.63) is 0 Å². The second-order valence-electron chi connectivity index (χ2n) is 1.83. The predicted molar refractivity (Wildman–Crippen MR) is 33.9 cm³/mol. The first-order valence-electron chi connectivity index (χ1n) is 2.58. The van der Waals surface area contributed by atoms with Crippen molar-refractivity contribution in [3.8, 4) is 0 Å². The molecule has 8 heavy (non-hydrogen) atoms. The highest BCUT2D eigenvalue weighted by molar-refractivity contribution is 6.09. The molecule has 0 rings (SSSR count). The van der Waals surface area contributed by atoms with E-state index in [0.717, 1.165) is 0 Å². The molecule has 0 heterocycles. The first-order valence-corrected chi connectivity index (χ1v) is 2.58. The zero-order chi connectivity index (χ0) is 6.57. The van der Waals surface area contributed by atoms with Gasteiger partial charge in [0.25, 0.3) is 0 Å². The largest absolute Gasteiger partial charge is 0.349 e. The van der Waals surface area contributed by atoms with Gasteiger partial charge in [0, 0.05) is 20.5 Å². The standard InChI is InChI=1S/C5H10BNO/c1-7(2)5(8)3-4-6/h3-4H2,1-2H3. The Morgan fingerprint density at radius 1 is 1.62 bits per heavy atom. The van der Waals surface area contributed by atoms with Crippen molar-refractivity contribution in [3.63, 3.8) is 0 Å². The molecular weight excluding hydrogens is 101 g/mol. The Balaban J connectivity index is 3.33. The van der Waals surface area contributed by atoms with Crippen LogP contribution in [0.2, 0.25) is 6.32 Å². The first kappa shape index (κ1) is 7.53. The lowest BCUT2D eigenvalue weighted by Gasteiger charge is -2.07. The molecule has 0 aliphatic rings. The molecule has 0 saturated carbocycles. The summed E-state index contributed by atoms with van der Waals surface area (Å²) in [7, 11) is 8.56. The topological polar surface area (TPSA) is 20.3 Å². The van der Waals surface area contributed by atoms with E-state index in [1.807, 2.05) is 0 Å². The van der Waals surface area contributed by atoms with E-state index in [0.29, 0.717) is 12.7 Å². The van der Waals surface area contributed by atoms with Crippen molar-refractivity contribution in [1.29, 1.82) is 0 Å². The van der Waals surface area contributed by atoms with E-state index >= 15 is 0 Å². The van der Waals surface area contributed by atoms with Crippen LogP contribution in [-0.4, -0.2) is 32.7 Å². The van der Waals surface area contributed by atoms with Crippen LogP contribution >= 0.6 is 0 Å². The minimum Gasteiger partial charge on any atom is -0.349 e. The van der Waals surface area contributed by atoms with Gasteiger partial charge in [0.2, 0.25) is 5.91 Å². The molecule has 0 aromatic rings. The van der Waals surface area contributed by atoms with Crippen LogP contribution in [-0.2, 0) is 4.79 Å². The fourth-order valence-corrected chi connectivity index (χ4v) is 0.347. The SMILES string of the molecule is [B]CCC(=O)N(C)C. The van der Waals surface area contributed by atoms with Crippen LogP contribution < -0.4 is 0 Å². The van der Waals surface area contributed by atoms with E-state index in [-0.39, 0.29) is 5.91 Å². The van der Waals surface area contributed by atoms with E-state index in [2.05, 4.69) is 0 Å². The molecule has 0 spiro atoms. The molecule has 0 bridgehead atoms. The van der Waals surface area contributed by atoms with Crippen molar-refractivity contribution in [2.24, 2.45) is 0 Å². The molecule has 44 valence electrons. The number of carbonyl (C=O) groups is 1. The van der Waals surface area contributed by atoms with Gasteiger partial charge in [-0.05, 0) is 0 Å². The minimum atomic E-state index is 0.0903. The van der Waals surface area contributed by atoms with Gasteiger partial charge in [-0.25, -0.2) is 0 Å². The molecule has 1 amide bonds. The third-order valence-electron chi connectivity index (χ3n) is 0.857. The molecule has 0 aliphatic carbocycles. The van der Waals surface area contributed by atoms with Gasteiger partial charge in [0.1, 0.15) is 0 Å². The maximum absolute atomic E-state index is 10.6. The Labute approximate surface area is 51.3 Å². The highest BCUT2D eigenvalue weighted by atomic mass is 16.2. The molecule has 0 aliphatic heterocycles. The normalized spacial score (nSPS) is 8.75. The lowest BCUT2D eigenvalue weighted by atomic mass is 10.0. The lowest BCUT2D eigenvalue weighted by molar-refractivity contribution is -0.128. The number of nitrogens with zero attached hydrogens (tertiary/aromatic N) is 1. The van der Waals surface area contributed by atoms with Crippen LogP contribution in [0.5, 0.6) is 0 Å². The molecule has 3 heteroatoms. The van der Waals surface area contributed by atoms with Crippen LogP contribution in [0.25, 0.3) is 0 Å². The quantitative estimate of drug-likeness (QED) is 0.461. The van der Waals surface area contributed by atoms with E-state index in [9.17, 15) is 4.79 Å². The Kier molecular flexibility index (Phi) is 3.32. The number of hydrogen-bond donors (Lipinski definition) is 0. The number of carbonyl (C=O) groups excluding carboxylic acids is 1. The van der Waals surface area contributed by atoms with E-state index < -0.39 is 0 Å². The fourth-order valence-electron chi connectivity index (χ4n) is 0.347. The van der Waals surface area contributed by atoms with Crippen molar-refractivity contribution in [2.75, 3.05) is 14.1 Å². The summed E-state index contributed by atoms with van der Waals surface area (Å²) < 4.78 is 0. The monoisotopic (exact) mass is 111 g/mol. The Hall–Kier alpha value is -0.465. The number of rotatable bonds is 2. The van der Waals surface area contributed by atoms with Gasteiger partial charge in [0.15, 0.2) is 0 Å². The molecule has 0 saturated heterocycles. The third kappa shape index (κ3) is 2.67. The molecule has 2 nitrogen and oxygen atoms in total. The number of hydrogen-bond acceptors (Lipinski definition) is 1. The summed E-state index contributed by atoms with van der Waals surface area (Å²) in [5, 5.41) is 0. The first-order chi connectivity index (χ1) is 3.68. The summed E-state index contributed by atoms with van der Waals surface area (Å²) in [6, 6.07) is 0. The second-order valence-corrected chi connectivity index (χ2v) is 1.83. The Morgan fingerprint density at radius 2 is 2.12 bits per heavy atom. The van der Waals surface area contributed by atoms with Gasteiger partial charge in [-0.15, -0.1) is 0 Å². The summed E-state index contributed by atoms with van der Waals surface area (Å²) in [5.74, 6) is 0.0903. The smallest absolute Gasteiger partial charge is 0.221 e. The van der Waals surface area contributed by atoms with Gasteiger partial charge >= 0.3 is 0 Å². The third-order valence-corrected chi connectivity index (χ3v) is 0.857. The van der Waals surface area contributed by atoms with Crippen LogP contribution in [0.4, 0.5) is 0 Å². The fraction of sp³-hybridized carbons (Fsp3) is 0.800. The lowest BCUT2D eigenvalue weighted by Crippen LogP contribution is -2.20. The summed E-state index contributed by atoms with van der Waals surface area (Å²) in [5.41, 5.74) is 0. The van der Waals surface area contributed by atoms with E-state index in [4.69, 9.17) is 7.85 Å². The summed E-state index contributed by atoms with van der Waals surface area (Å²) in [6.45, 7) is 0. The van der Waals surface area contributed by atoms with E-state index in [1.54, 1.807) is 14.1 Å². The molecule has 0 aromatic heterocycles. The highest BCUT2D eigenvalue weighted by Crippen LogP contribution is 1.88. The van der Waals surface area contributed by atoms with Crippen LogP contribution in [0.3, 0.4) is 0 Å². The Morgan fingerprint density at radius 3 is 2.25 bits per heavy atom. The van der Waals surface area contributed by atoms with Crippen molar-refractivity contribution in [2.45, 2.75) is 12.7 Å². The zero-order valence-electron chi connectivity index (χ0n) is 5.35. The maximum Gasteiger partial charge on any atom is 0.221 e. The van der Waals surface area contributed by atoms with Crippen molar-refractivity contribution < 1.29 is 4.79 Å². The van der Waals surface area contributed by atoms with Crippen molar-refractivity contribution in [1.82, 2.24) is 4.90 Å². The molecule has 0 aromatic carbocycles. The average molecular weight is 111 g/mol. The zero-order valence-corrected chi connectivity index (χ0v) is 5.35. The molecule has 0 fully saturated rings. The van der Waals surface area contributed by atoms with E-state index in [1.165, 1.54) is 4.90 Å². The van der Waals surface area contributed by atoms with Gasteiger partial charge in [-0.2, -0.15) is 0 Å². The minimum absolute atomic E-state index is 0.0903. The van der Waals surface area contributed by atoms with Crippen LogP contribution in [0.1, 0.15) is 6.42 Å². The summed E-state index contributed by atoms with van der Waals surface area (Å²) in [6.07, 6.45) is 0.893. The molecule has 2 radical (unpaired) electrons. The molecule has 0 atom stereocenters. The van der Waals surface area contributed by atoms with Gasteiger partial charge in [-0.3, -0.25) is 4.79 Å². The van der Waals surface area contributed by atoms with Gasteiger partial charge in [-0.1, -0.05) is 6.32 Å². The van der Waals surface area contributed by atoms with Gasteiger partial charge < -0.3 is 4.90 Å². The highest BCUT2D eigenvalue weighted by Gasteiger charge is 1.98. The van der Waals surface area contributed by atoms with Crippen molar-refractivity contribution >= 4 is 13.8 Å². The molecular formula is C5H10BNO. The Bertz CT molecular complexity index is 82.5. The van der Waals surface area contributed by atoms with Gasteiger partial charge in [0.05, 0.1) is 7.85 Å². The summed E-state index contributed by atoms with van der Waals surface area (Å²) in [4.78, 5) is 12.1. The molecule has 0 unspecified atom stereocenters. The number of amides is 1. The molecule has 0 N–H and O–H groups in total. The average Bonchev–Trinajstić information content (AvgIpc) is 1.67.